The smallest absolute Gasteiger partial charge is 0.466 e. The van der Waals surface area contributed by atoms with E-state index in [0.29, 0.717) is 18.6 Å². The number of hydrogen-bond donors (Lipinski definition) is 1. The third kappa shape index (κ3) is 6.14. The van der Waals surface area contributed by atoms with Crippen molar-refractivity contribution in [3.63, 3.8) is 0 Å². The van der Waals surface area contributed by atoms with Gasteiger partial charge >= 0.3 is 12.3 Å². The van der Waals surface area contributed by atoms with E-state index in [4.69, 9.17) is 4.74 Å². The number of esters is 1. The van der Waals surface area contributed by atoms with Crippen molar-refractivity contribution in [1.29, 1.82) is 0 Å². The zero-order chi connectivity index (χ0) is 21.6. The molecule has 0 aliphatic heterocycles. The fourth-order valence-electron chi connectivity index (χ4n) is 3.37. The zero-order valence-corrected chi connectivity index (χ0v) is 16.4. The van der Waals surface area contributed by atoms with Gasteiger partial charge in [-0.15, -0.1) is 13.2 Å². The number of carbonyl (C=O) groups excluding carboxylic acids is 1. The summed E-state index contributed by atoms with van der Waals surface area (Å²) in [5.74, 6) is -0.687. The predicted molar refractivity (Wildman–Crippen MR) is 106 cm³/mol. The van der Waals surface area contributed by atoms with Gasteiger partial charge in [-0.2, -0.15) is 0 Å². The van der Waals surface area contributed by atoms with Gasteiger partial charge in [0.15, 0.2) is 0 Å². The van der Waals surface area contributed by atoms with Crippen LogP contribution in [0.25, 0.3) is 0 Å². The van der Waals surface area contributed by atoms with Crippen LogP contribution in [0, 0.1) is 0 Å². The van der Waals surface area contributed by atoms with Gasteiger partial charge in [0.25, 0.3) is 0 Å². The maximum absolute atomic E-state index is 12.6. The average molecular weight is 417 g/mol. The number of aromatic nitrogens is 1. The van der Waals surface area contributed by atoms with Crippen LogP contribution in [0.1, 0.15) is 35.2 Å². The van der Waals surface area contributed by atoms with Gasteiger partial charge in [0, 0.05) is 17.8 Å². The lowest BCUT2D eigenvalue weighted by Gasteiger charge is -2.18. The number of alkyl halides is 3. The molecule has 0 fully saturated rings. The molecule has 0 aliphatic rings. The summed E-state index contributed by atoms with van der Waals surface area (Å²) in [7, 11) is 0. The quantitative estimate of drug-likeness (QED) is 0.500. The molecule has 0 radical (unpaired) electrons. The van der Waals surface area contributed by atoms with Crippen LogP contribution in [-0.4, -0.2) is 23.9 Å². The first-order valence-electron chi connectivity index (χ1n) is 9.56. The van der Waals surface area contributed by atoms with E-state index in [1.54, 1.807) is 25.3 Å². The molecule has 0 spiro atoms. The lowest BCUT2D eigenvalue weighted by Crippen LogP contribution is -2.17. The first-order chi connectivity index (χ1) is 14.3. The lowest BCUT2D eigenvalue weighted by molar-refractivity contribution is -0.274. The van der Waals surface area contributed by atoms with E-state index in [1.807, 2.05) is 36.4 Å². The molecular weight excluding hydrogens is 395 g/mol. The number of H-pyrrole nitrogens is 1. The van der Waals surface area contributed by atoms with Gasteiger partial charge < -0.3 is 14.5 Å². The number of nitrogens with one attached hydrogen (secondary N) is 1. The van der Waals surface area contributed by atoms with Crippen LogP contribution in [0.15, 0.2) is 66.9 Å². The molecule has 1 heterocycles. The highest BCUT2D eigenvalue weighted by Gasteiger charge is 2.31. The van der Waals surface area contributed by atoms with Crippen molar-refractivity contribution >= 4 is 5.97 Å². The maximum atomic E-state index is 12.6. The Balaban J connectivity index is 1.87. The minimum absolute atomic E-state index is 0.136. The van der Waals surface area contributed by atoms with E-state index in [-0.39, 0.29) is 24.1 Å². The Kier molecular flexibility index (Phi) is 6.82. The molecule has 0 saturated carbocycles. The maximum Gasteiger partial charge on any atom is 0.573 e. The summed E-state index contributed by atoms with van der Waals surface area (Å²) >= 11 is 0. The number of halogens is 3. The monoisotopic (exact) mass is 417 g/mol. The van der Waals surface area contributed by atoms with E-state index in [0.717, 1.165) is 16.8 Å². The van der Waals surface area contributed by atoms with Crippen molar-refractivity contribution in [2.24, 2.45) is 0 Å². The van der Waals surface area contributed by atoms with Crippen LogP contribution < -0.4 is 4.74 Å². The lowest BCUT2D eigenvalue weighted by atomic mass is 9.88. The molecule has 1 N–H and O–H groups in total. The summed E-state index contributed by atoms with van der Waals surface area (Å²) in [5.41, 5.74) is 3.38. The number of ether oxygens (including phenoxy) is 2. The molecule has 1 aromatic heterocycles. The molecule has 7 heteroatoms. The molecule has 3 aromatic rings. The Morgan fingerprint density at radius 3 is 2.50 bits per heavy atom. The van der Waals surface area contributed by atoms with Crippen molar-refractivity contribution in [3.05, 3.63) is 89.2 Å². The molecule has 30 heavy (non-hydrogen) atoms. The minimum Gasteiger partial charge on any atom is -0.466 e. The van der Waals surface area contributed by atoms with E-state index in [9.17, 15) is 18.0 Å². The Hall–Kier alpha value is -3.22. The summed E-state index contributed by atoms with van der Waals surface area (Å²) in [6.45, 7) is 2.08. The number of rotatable bonds is 8. The van der Waals surface area contributed by atoms with Crippen molar-refractivity contribution in [1.82, 2.24) is 4.98 Å². The van der Waals surface area contributed by atoms with Gasteiger partial charge in [0.1, 0.15) is 5.75 Å². The van der Waals surface area contributed by atoms with E-state index < -0.39 is 6.36 Å². The summed E-state index contributed by atoms with van der Waals surface area (Å²) in [5, 5.41) is 0. The summed E-state index contributed by atoms with van der Waals surface area (Å²) in [6, 6.07) is 17.4. The molecule has 3 rings (SSSR count). The molecule has 1 unspecified atom stereocenters. The molecule has 158 valence electrons. The van der Waals surface area contributed by atoms with Crippen molar-refractivity contribution in [2.75, 3.05) is 6.61 Å². The predicted octanol–water partition coefficient (Wildman–Crippen LogP) is 5.39. The summed E-state index contributed by atoms with van der Waals surface area (Å²) in [4.78, 5) is 15.0. The Bertz CT molecular complexity index is 968. The topological polar surface area (TPSA) is 51.3 Å². The standard InChI is InChI=1S/C23H22F3NO3/c1-2-29-22(28)15-16-6-3-8-18(12-16)20(21-10-5-11-27-21)14-17-7-4-9-19(13-17)30-23(24,25)26/h3-13,20,27H,2,14-15H2,1H3. The first kappa shape index (κ1) is 21.5. The van der Waals surface area contributed by atoms with Crippen molar-refractivity contribution in [2.45, 2.75) is 32.0 Å². The van der Waals surface area contributed by atoms with Crippen molar-refractivity contribution < 1.29 is 27.4 Å². The fraction of sp³-hybridized carbons (Fsp3) is 0.261. The molecule has 0 amide bonds. The van der Waals surface area contributed by atoms with Gasteiger partial charge in [-0.1, -0.05) is 36.4 Å². The number of carbonyl (C=O) groups is 1. The molecule has 4 nitrogen and oxygen atoms in total. The van der Waals surface area contributed by atoms with Crippen LogP contribution in [0.2, 0.25) is 0 Å². The second kappa shape index (κ2) is 9.52. The highest BCUT2D eigenvalue weighted by atomic mass is 19.4. The van der Waals surface area contributed by atoms with Gasteiger partial charge in [-0.25, -0.2) is 0 Å². The van der Waals surface area contributed by atoms with Crippen LogP contribution in [0.3, 0.4) is 0 Å². The van der Waals surface area contributed by atoms with Crippen molar-refractivity contribution in [3.8, 4) is 5.75 Å². The fourth-order valence-corrected chi connectivity index (χ4v) is 3.37. The molecule has 0 aliphatic carbocycles. The largest absolute Gasteiger partial charge is 0.573 e. The SMILES string of the molecule is CCOC(=O)Cc1cccc(C(Cc2cccc(OC(F)(F)F)c2)c2ccc[nH]2)c1. The van der Waals surface area contributed by atoms with E-state index in [1.165, 1.54) is 12.1 Å². The van der Waals surface area contributed by atoms with E-state index in [2.05, 4.69) is 9.72 Å². The normalized spacial score (nSPS) is 12.4. The molecule has 2 aromatic carbocycles. The molecule has 0 bridgehead atoms. The summed E-state index contributed by atoms with van der Waals surface area (Å²) < 4.78 is 46.8. The molecular formula is C23H22F3NO3. The Morgan fingerprint density at radius 2 is 1.80 bits per heavy atom. The van der Waals surface area contributed by atoms with Crippen LogP contribution in [0.4, 0.5) is 13.2 Å². The third-order valence-corrected chi connectivity index (χ3v) is 4.58. The number of benzene rings is 2. The third-order valence-electron chi connectivity index (χ3n) is 4.58. The van der Waals surface area contributed by atoms with Crippen LogP contribution >= 0.6 is 0 Å². The average Bonchev–Trinajstić information content (AvgIpc) is 3.20. The van der Waals surface area contributed by atoms with Gasteiger partial charge in [-0.05, 0) is 54.3 Å². The number of aromatic amines is 1. The first-order valence-corrected chi connectivity index (χ1v) is 9.56. The van der Waals surface area contributed by atoms with Gasteiger partial charge in [0.05, 0.1) is 13.0 Å². The van der Waals surface area contributed by atoms with Crippen LogP contribution in [-0.2, 0) is 22.4 Å². The van der Waals surface area contributed by atoms with Crippen LogP contribution in [0.5, 0.6) is 5.75 Å². The highest BCUT2D eigenvalue weighted by molar-refractivity contribution is 5.72. The molecule has 1 atom stereocenters. The zero-order valence-electron chi connectivity index (χ0n) is 16.4. The Labute approximate surface area is 172 Å². The Morgan fingerprint density at radius 1 is 1.03 bits per heavy atom. The highest BCUT2D eigenvalue weighted by Crippen LogP contribution is 2.30. The van der Waals surface area contributed by atoms with Gasteiger partial charge in [-0.3, -0.25) is 4.79 Å². The van der Waals surface area contributed by atoms with Gasteiger partial charge in [0.2, 0.25) is 0 Å². The minimum atomic E-state index is -4.74. The second-order valence-corrected chi connectivity index (χ2v) is 6.80. The van der Waals surface area contributed by atoms with E-state index >= 15 is 0 Å². The second-order valence-electron chi connectivity index (χ2n) is 6.80. The number of hydrogen-bond acceptors (Lipinski definition) is 3. The molecule has 0 saturated heterocycles. The summed E-state index contributed by atoms with van der Waals surface area (Å²) in [6.07, 6.45) is -2.32.